The summed E-state index contributed by atoms with van der Waals surface area (Å²) in [5, 5.41) is 2.07. The van der Waals surface area contributed by atoms with Crippen LogP contribution in [0.4, 0.5) is 5.82 Å². The zero-order valence-corrected chi connectivity index (χ0v) is 14.2. The van der Waals surface area contributed by atoms with E-state index in [-0.39, 0.29) is 6.04 Å². The summed E-state index contributed by atoms with van der Waals surface area (Å²) in [5.74, 6) is 1.63. The van der Waals surface area contributed by atoms with Crippen LogP contribution in [0.3, 0.4) is 0 Å². The summed E-state index contributed by atoms with van der Waals surface area (Å²) in [6.07, 6.45) is 2.91. The second-order valence-corrected chi connectivity index (χ2v) is 6.82. The Kier molecular flexibility index (Phi) is 5.61. The van der Waals surface area contributed by atoms with Gasteiger partial charge in [-0.15, -0.1) is 11.3 Å². The largest absolute Gasteiger partial charge is 0.383 e. The fourth-order valence-corrected chi connectivity index (χ4v) is 3.22. The van der Waals surface area contributed by atoms with Gasteiger partial charge in [0.25, 0.3) is 0 Å². The number of imidazole rings is 1. The topological polar surface area (TPSA) is 55.8 Å². The smallest absolute Gasteiger partial charge is 0.195 e. The molecule has 0 bridgehead atoms. The van der Waals surface area contributed by atoms with Crippen molar-refractivity contribution in [3.05, 3.63) is 17.3 Å². The van der Waals surface area contributed by atoms with Crippen LogP contribution in [0.25, 0.3) is 4.96 Å². The van der Waals surface area contributed by atoms with Gasteiger partial charge in [0.05, 0.1) is 12.3 Å². The summed E-state index contributed by atoms with van der Waals surface area (Å²) >= 11 is 1.66. The molecule has 2 heterocycles. The molecule has 2 rings (SSSR count). The zero-order chi connectivity index (χ0) is 15.4. The average molecular weight is 310 g/mol. The molecule has 0 saturated heterocycles. The lowest BCUT2D eigenvalue weighted by Crippen LogP contribution is -2.32. The van der Waals surface area contributed by atoms with Crippen LogP contribution in [-0.4, -0.2) is 42.2 Å². The third-order valence-corrected chi connectivity index (χ3v) is 4.06. The highest BCUT2D eigenvalue weighted by Crippen LogP contribution is 2.26. The van der Waals surface area contributed by atoms with Crippen molar-refractivity contribution in [3.8, 4) is 0 Å². The molecule has 2 aromatic rings. The Labute approximate surface area is 130 Å². The quantitative estimate of drug-likeness (QED) is 0.813. The predicted octanol–water partition coefficient (Wildman–Crippen LogP) is 2.39. The molecule has 0 aliphatic carbocycles. The Morgan fingerprint density at radius 3 is 2.81 bits per heavy atom. The van der Waals surface area contributed by atoms with Crippen molar-refractivity contribution in [1.29, 1.82) is 0 Å². The van der Waals surface area contributed by atoms with E-state index in [9.17, 15) is 0 Å². The van der Waals surface area contributed by atoms with E-state index < -0.39 is 0 Å². The summed E-state index contributed by atoms with van der Waals surface area (Å²) in [6.45, 7) is 9.02. The Hall–Kier alpha value is -1.11. The molecule has 21 heavy (non-hydrogen) atoms. The van der Waals surface area contributed by atoms with Crippen LogP contribution in [0.5, 0.6) is 0 Å². The number of nitrogens with two attached hydrogens (primary N) is 1. The first-order chi connectivity index (χ1) is 10.0. The molecule has 0 amide bonds. The molecule has 0 aliphatic heterocycles. The van der Waals surface area contributed by atoms with Crippen molar-refractivity contribution in [2.75, 3.05) is 31.7 Å². The summed E-state index contributed by atoms with van der Waals surface area (Å²) in [7, 11) is 1.74. The van der Waals surface area contributed by atoms with E-state index in [1.807, 2.05) is 6.92 Å². The van der Waals surface area contributed by atoms with Crippen LogP contribution >= 0.6 is 11.3 Å². The van der Waals surface area contributed by atoms with Crippen molar-refractivity contribution in [2.24, 2.45) is 11.7 Å². The normalized spacial score (nSPS) is 13.2. The third kappa shape index (κ3) is 3.96. The molecule has 0 radical (unpaired) electrons. The summed E-state index contributed by atoms with van der Waals surface area (Å²) < 4.78 is 7.42. The van der Waals surface area contributed by atoms with Crippen molar-refractivity contribution < 1.29 is 4.74 Å². The predicted molar refractivity (Wildman–Crippen MR) is 89.3 cm³/mol. The standard InChI is InChI=1S/C15H26N4OS/c1-11(2)10-18(5-7-20-4)14-13(9-12(3)16)19-6-8-21-15(19)17-14/h6,8,11-12H,5,7,9-10,16H2,1-4H3. The van der Waals surface area contributed by atoms with Gasteiger partial charge in [-0.25, -0.2) is 4.98 Å². The number of hydrogen-bond donors (Lipinski definition) is 1. The number of rotatable bonds is 8. The van der Waals surface area contributed by atoms with Crippen molar-refractivity contribution in [1.82, 2.24) is 9.38 Å². The van der Waals surface area contributed by atoms with Crippen LogP contribution in [0, 0.1) is 5.92 Å². The highest BCUT2D eigenvalue weighted by molar-refractivity contribution is 7.15. The molecular weight excluding hydrogens is 284 g/mol. The maximum Gasteiger partial charge on any atom is 0.195 e. The lowest BCUT2D eigenvalue weighted by atomic mass is 10.1. The van der Waals surface area contributed by atoms with E-state index in [0.29, 0.717) is 12.5 Å². The van der Waals surface area contributed by atoms with E-state index >= 15 is 0 Å². The Balaban J connectivity index is 2.37. The van der Waals surface area contributed by atoms with Crippen molar-refractivity contribution in [3.63, 3.8) is 0 Å². The van der Waals surface area contributed by atoms with E-state index in [0.717, 1.165) is 30.3 Å². The fraction of sp³-hybridized carbons (Fsp3) is 0.667. The number of fused-ring (bicyclic) bond motifs is 1. The summed E-state index contributed by atoms with van der Waals surface area (Å²) in [6, 6.07) is 0.117. The first kappa shape index (κ1) is 16.3. The van der Waals surface area contributed by atoms with Crippen LogP contribution < -0.4 is 10.6 Å². The second kappa shape index (κ2) is 7.24. The highest BCUT2D eigenvalue weighted by atomic mass is 32.1. The minimum atomic E-state index is 0.117. The molecule has 0 saturated carbocycles. The molecule has 118 valence electrons. The Morgan fingerprint density at radius 1 is 1.43 bits per heavy atom. The van der Waals surface area contributed by atoms with E-state index in [2.05, 4.69) is 34.7 Å². The minimum absolute atomic E-state index is 0.117. The van der Waals surface area contributed by atoms with Gasteiger partial charge >= 0.3 is 0 Å². The molecule has 2 aromatic heterocycles. The summed E-state index contributed by atoms with van der Waals surface area (Å²) in [5.41, 5.74) is 7.24. The monoisotopic (exact) mass is 310 g/mol. The lowest BCUT2D eigenvalue weighted by molar-refractivity contribution is 0.204. The second-order valence-electron chi connectivity index (χ2n) is 5.95. The zero-order valence-electron chi connectivity index (χ0n) is 13.4. The summed E-state index contributed by atoms with van der Waals surface area (Å²) in [4.78, 5) is 8.19. The number of thiazole rings is 1. The molecule has 6 heteroatoms. The number of anilines is 1. The van der Waals surface area contributed by atoms with Crippen molar-refractivity contribution >= 4 is 22.1 Å². The molecule has 1 unspecified atom stereocenters. The molecule has 1 atom stereocenters. The van der Waals surface area contributed by atoms with Gasteiger partial charge in [-0.3, -0.25) is 4.40 Å². The molecule has 0 aliphatic rings. The van der Waals surface area contributed by atoms with Gasteiger partial charge in [-0.2, -0.15) is 0 Å². The SMILES string of the molecule is COCCN(CC(C)C)c1nc2sccn2c1CC(C)N. The average Bonchev–Trinajstić information content (AvgIpc) is 2.96. The first-order valence-corrected chi connectivity index (χ1v) is 8.34. The molecular formula is C15H26N4OS. The van der Waals surface area contributed by atoms with Crippen LogP contribution in [0.2, 0.25) is 0 Å². The number of ether oxygens (including phenoxy) is 1. The Morgan fingerprint density at radius 2 is 2.19 bits per heavy atom. The number of nitrogens with zero attached hydrogens (tertiary/aromatic N) is 3. The maximum atomic E-state index is 6.03. The number of hydrogen-bond acceptors (Lipinski definition) is 5. The van der Waals surface area contributed by atoms with Gasteiger partial charge in [0.15, 0.2) is 10.8 Å². The van der Waals surface area contributed by atoms with E-state index in [1.54, 1.807) is 18.4 Å². The van der Waals surface area contributed by atoms with Gasteiger partial charge < -0.3 is 15.4 Å². The molecule has 0 aromatic carbocycles. The van der Waals surface area contributed by atoms with Gasteiger partial charge in [0.2, 0.25) is 0 Å². The van der Waals surface area contributed by atoms with E-state index in [1.165, 1.54) is 5.69 Å². The van der Waals surface area contributed by atoms with Gasteiger partial charge in [0, 0.05) is 44.2 Å². The lowest BCUT2D eigenvalue weighted by Gasteiger charge is -2.25. The third-order valence-electron chi connectivity index (χ3n) is 3.31. The van der Waals surface area contributed by atoms with Crippen molar-refractivity contribution in [2.45, 2.75) is 33.2 Å². The molecule has 5 nitrogen and oxygen atoms in total. The molecule has 2 N–H and O–H groups in total. The maximum absolute atomic E-state index is 6.03. The van der Waals surface area contributed by atoms with Crippen LogP contribution in [0.15, 0.2) is 11.6 Å². The van der Waals surface area contributed by atoms with Gasteiger partial charge in [-0.05, 0) is 12.8 Å². The van der Waals surface area contributed by atoms with Gasteiger partial charge in [0.1, 0.15) is 0 Å². The Bertz CT molecular complexity index is 561. The van der Waals surface area contributed by atoms with E-state index in [4.69, 9.17) is 15.5 Å². The number of aromatic nitrogens is 2. The molecule has 0 spiro atoms. The minimum Gasteiger partial charge on any atom is -0.383 e. The molecule has 0 fully saturated rings. The fourth-order valence-electron chi connectivity index (χ4n) is 2.49. The first-order valence-electron chi connectivity index (χ1n) is 7.46. The van der Waals surface area contributed by atoms with Crippen LogP contribution in [0.1, 0.15) is 26.5 Å². The van der Waals surface area contributed by atoms with Crippen LogP contribution in [-0.2, 0) is 11.2 Å². The number of methoxy groups -OCH3 is 1. The highest BCUT2D eigenvalue weighted by Gasteiger charge is 2.20. The van der Waals surface area contributed by atoms with Gasteiger partial charge in [-0.1, -0.05) is 13.8 Å².